The normalized spacial score (nSPS) is 11.6. The van der Waals surface area contributed by atoms with Gasteiger partial charge in [0, 0.05) is 23.7 Å². The van der Waals surface area contributed by atoms with E-state index in [-0.39, 0.29) is 17.8 Å². The zero-order chi connectivity index (χ0) is 25.3. The Kier molecular flexibility index (Phi) is 6.64. The van der Waals surface area contributed by atoms with Gasteiger partial charge in [0.1, 0.15) is 11.6 Å². The average Bonchev–Trinajstić information content (AvgIpc) is 2.79. The highest BCUT2D eigenvalue weighted by molar-refractivity contribution is 7.90. The molecule has 0 saturated carbocycles. The molecule has 0 aliphatic heterocycles. The Labute approximate surface area is 203 Å². The molecule has 0 aliphatic rings. The van der Waals surface area contributed by atoms with Crippen LogP contribution in [-0.2, 0) is 10.2 Å². The lowest BCUT2D eigenvalue weighted by molar-refractivity contribution is 0.470. The molecule has 0 aliphatic carbocycles. The SMILES string of the molecule is CCNS(=O)(=O)Nc1ccc(Oc2c(C)cc(F)cc2C)c(-n2cc(C)c(=O)c3ccccc32)c1. The maximum Gasteiger partial charge on any atom is 0.299 e. The topological polar surface area (TPSA) is 89.4 Å². The number of rotatable bonds is 7. The van der Waals surface area contributed by atoms with Crippen LogP contribution in [0.25, 0.3) is 16.6 Å². The van der Waals surface area contributed by atoms with Crippen molar-refractivity contribution < 1.29 is 17.5 Å². The number of hydrogen-bond acceptors (Lipinski definition) is 4. The third kappa shape index (κ3) is 5.06. The molecule has 3 aromatic carbocycles. The molecule has 182 valence electrons. The van der Waals surface area contributed by atoms with Crippen LogP contribution in [0.5, 0.6) is 11.5 Å². The standard InChI is InChI=1S/C26H26FN3O4S/c1-5-28-35(32,33)29-20-10-11-24(34-26-16(2)12-19(27)13-17(26)3)23(14-20)30-15-18(4)25(31)21-8-6-7-9-22(21)30/h6-15,28-29H,5H2,1-4H3. The number of nitrogens with one attached hydrogen (secondary N) is 2. The number of para-hydroxylation sites is 1. The van der Waals surface area contributed by atoms with Gasteiger partial charge in [-0.05, 0) is 74.4 Å². The minimum Gasteiger partial charge on any atom is -0.455 e. The van der Waals surface area contributed by atoms with Gasteiger partial charge in [-0.15, -0.1) is 0 Å². The van der Waals surface area contributed by atoms with E-state index < -0.39 is 10.2 Å². The molecule has 0 unspecified atom stereocenters. The fourth-order valence-corrected chi connectivity index (χ4v) is 4.90. The summed E-state index contributed by atoms with van der Waals surface area (Å²) >= 11 is 0. The van der Waals surface area contributed by atoms with Crippen LogP contribution in [0.1, 0.15) is 23.6 Å². The van der Waals surface area contributed by atoms with E-state index in [1.807, 2.05) is 12.1 Å². The van der Waals surface area contributed by atoms with Crippen molar-refractivity contribution in [3.8, 4) is 17.2 Å². The zero-order valence-electron chi connectivity index (χ0n) is 19.8. The number of nitrogens with zero attached hydrogens (tertiary/aromatic N) is 1. The summed E-state index contributed by atoms with van der Waals surface area (Å²) in [6.45, 7) is 7.14. The Morgan fingerprint density at radius 2 is 1.66 bits per heavy atom. The molecular weight excluding hydrogens is 469 g/mol. The van der Waals surface area contributed by atoms with Gasteiger partial charge in [0.2, 0.25) is 0 Å². The predicted octanol–water partition coefficient (Wildman–Crippen LogP) is 5.11. The van der Waals surface area contributed by atoms with Gasteiger partial charge < -0.3 is 9.30 Å². The number of ether oxygens (including phenoxy) is 1. The molecule has 0 spiro atoms. The summed E-state index contributed by atoms with van der Waals surface area (Å²) in [4.78, 5) is 12.8. The van der Waals surface area contributed by atoms with Crippen molar-refractivity contribution in [2.24, 2.45) is 0 Å². The van der Waals surface area contributed by atoms with Gasteiger partial charge in [-0.2, -0.15) is 13.1 Å². The molecule has 0 bridgehead atoms. The molecule has 4 rings (SSSR count). The summed E-state index contributed by atoms with van der Waals surface area (Å²) in [6, 6.07) is 14.8. The molecule has 1 heterocycles. The van der Waals surface area contributed by atoms with E-state index >= 15 is 0 Å². The van der Waals surface area contributed by atoms with Crippen LogP contribution < -0.4 is 19.6 Å². The number of benzene rings is 3. The van der Waals surface area contributed by atoms with Gasteiger partial charge in [0.15, 0.2) is 11.2 Å². The highest BCUT2D eigenvalue weighted by atomic mass is 32.2. The van der Waals surface area contributed by atoms with Crippen molar-refractivity contribution in [1.29, 1.82) is 0 Å². The van der Waals surface area contributed by atoms with Crippen molar-refractivity contribution >= 4 is 26.8 Å². The fraction of sp³-hybridized carbons (Fsp3) is 0.192. The van der Waals surface area contributed by atoms with Gasteiger partial charge >= 0.3 is 0 Å². The average molecular weight is 496 g/mol. The number of aryl methyl sites for hydroxylation is 3. The number of fused-ring (bicyclic) bond motifs is 1. The van der Waals surface area contributed by atoms with Gasteiger partial charge in [0.25, 0.3) is 10.2 Å². The monoisotopic (exact) mass is 495 g/mol. The second-order valence-corrected chi connectivity index (χ2v) is 9.78. The Bertz CT molecular complexity index is 1570. The quantitative estimate of drug-likeness (QED) is 0.373. The van der Waals surface area contributed by atoms with Crippen LogP contribution in [0.4, 0.5) is 10.1 Å². The third-order valence-corrected chi connectivity index (χ3v) is 6.70. The summed E-state index contributed by atoms with van der Waals surface area (Å²) in [6.07, 6.45) is 1.69. The first-order valence-corrected chi connectivity index (χ1v) is 12.6. The lowest BCUT2D eigenvalue weighted by Crippen LogP contribution is -2.29. The van der Waals surface area contributed by atoms with Crippen LogP contribution in [0.2, 0.25) is 0 Å². The molecule has 0 radical (unpaired) electrons. The highest BCUT2D eigenvalue weighted by Gasteiger charge is 2.17. The van der Waals surface area contributed by atoms with Crippen molar-refractivity contribution in [3.63, 3.8) is 0 Å². The molecule has 0 saturated heterocycles. The van der Waals surface area contributed by atoms with Crippen LogP contribution >= 0.6 is 0 Å². The maximum absolute atomic E-state index is 13.9. The van der Waals surface area contributed by atoms with E-state index in [1.165, 1.54) is 12.1 Å². The molecule has 2 N–H and O–H groups in total. The molecule has 7 nitrogen and oxygen atoms in total. The first-order valence-electron chi connectivity index (χ1n) is 11.1. The van der Waals surface area contributed by atoms with Crippen molar-refractivity contribution in [2.75, 3.05) is 11.3 Å². The zero-order valence-corrected chi connectivity index (χ0v) is 20.7. The molecule has 0 atom stereocenters. The van der Waals surface area contributed by atoms with Gasteiger partial charge in [0.05, 0.1) is 16.9 Å². The number of anilines is 1. The molecule has 4 aromatic rings. The van der Waals surface area contributed by atoms with E-state index in [2.05, 4.69) is 9.44 Å². The molecule has 9 heteroatoms. The number of pyridine rings is 1. The number of halogens is 1. The summed E-state index contributed by atoms with van der Waals surface area (Å²) in [7, 11) is -3.77. The summed E-state index contributed by atoms with van der Waals surface area (Å²) < 4.78 is 51.5. The van der Waals surface area contributed by atoms with Gasteiger partial charge in [-0.25, -0.2) is 4.39 Å². The Balaban J connectivity index is 1.95. The molecule has 1 aromatic heterocycles. The van der Waals surface area contributed by atoms with Gasteiger partial charge in [-0.3, -0.25) is 9.52 Å². The summed E-state index contributed by atoms with van der Waals surface area (Å²) in [5.41, 5.74) is 3.10. The summed E-state index contributed by atoms with van der Waals surface area (Å²) in [5.74, 6) is 0.542. The van der Waals surface area contributed by atoms with E-state index in [0.29, 0.717) is 50.5 Å². The first-order chi connectivity index (χ1) is 16.6. The van der Waals surface area contributed by atoms with Crippen molar-refractivity contribution in [1.82, 2.24) is 9.29 Å². The Morgan fingerprint density at radius 3 is 2.34 bits per heavy atom. The smallest absolute Gasteiger partial charge is 0.299 e. The van der Waals surface area contributed by atoms with E-state index in [0.717, 1.165) is 0 Å². The third-order valence-electron chi connectivity index (χ3n) is 5.53. The van der Waals surface area contributed by atoms with E-state index in [4.69, 9.17) is 4.74 Å². The second kappa shape index (κ2) is 9.52. The minimum atomic E-state index is -3.77. The van der Waals surface area contributed by atoms with Gasteiger partial charge in [-0.1, -0.05) is 19.1 Å². The molecule has 0 amide bonds. The fourth-order valence-electron chi connectivity index (χ4n) is 4.01. The van der Waals surface area contributed by atoms with E-state index in [9.17, 15) is 17.6 Å². The maximum atomic E-state index is 13.9. The molecular formula is C26H26FN3O4S. The minimum absolute atomic E-state index is 0.0893. The number of aromatic nitrogens is 1. The number of hydrogen-bond donors (Lipinski definition) is 2. The largest absolute Gasteiger partial charge is 0.455 e. The summed E-state index contributed by atoms with van der Waals surface area (Å²) in [5, 5.41) is 0.520. The van der Waals surface area contributed by atoms with Crippen molar-refractivity contribution in [2.45, 2.75) is 27.7 Å². The van der Waals surface area contributed by atoms with Crippen LogP contribution in [0, 0.1) is 26.6 Å². The lowest BCUT2D eigenvalue weighted by atomic mass is 10.1. The first kappa shape index (κ1) is 24.4. The lowest BCUT2D eigenvalue weighted by Gasteiger charge is -2.20. The van der Waals surface area contributed by atoms with Crippen molar-refractivity contribution in [3.05, 3.63) is 93.5 Å². The molecule has 0 fully saturated rings. The Morgan fingerprint density at radius 1 is 0.971 bits per heavy atom. The van der Waals surface area contributed by atoms with Crippen LogP contribution in [0.3, 0.4) is 0 Å². The molecule has 35 heavy (non-hydrogen) atoms. The second-order valence-electron chi connectivity index (χ2n) is 8.29. The van der Waals surface area contributed by atoms with Crippen LogP contribution in [-0.4, -0.2) is 19.5 Å². The Hall–Kier alpha value is -3.69. The highest BCUT2D eigenvalue weighted by Crippen LogP contribution is 2.36. The predicted molar refractivity (Wildman–Crippen MR) is 136 cm³/mol. The van der Waals surface area contributed by atoms with E-state index in [1.54, 1.807) is 68.8 Å². The van der Waals surface area contributed by atoms with Crippen LogP contribution in [0.15, 0.2) is 65.6 Å².